The monoisotopic (exact) mass is 188 g/mol. The van der Waals surface area contributed by atoms with Gasteiger partial charge in [-0.2, -0.15) is 0 Å². The maximum Gasteiger partial charge on any atom is 0.219 e. The highest BCUT2D eigenvalue weighted by atomic mass is 16.3. The number of rotatable bonds is 5. The largest absolute Gasteiger partial charge is 0.389 e. The molecule has 76 valence electrons. The lowest BCUT2D eigenvalue weighted by molar-refractivity contribution is -0.121. The predicted molar refractivity (Wildman–Crippen MR) is 48.0 cm³/mol. The third-order valence-electron chi connectivity index (χ3n) is 1.44. The second-order valence-corrected chi connectivity index (χ2v) is 2.75. The molecule has 0 fully saturated rings. The molecule has 2 amide bonds. The van der Waals surface area contributed by atoms with Gasteiger partial charge in [0.1, 0.15) is 0 Å². The second kappa shape index (κ2) is 6.42. The van der Waals surface area contributed by atoms with E-state index in [1.54, 1.807) is 6.92 Å². The third-order valence-corrected chi connectivity index (χ3v) is 1.44. The number of carbonyl (C=O) groups excluding carboxylic acids is 2. The average Bonchev–Trinajstić information content (AvgIpc) is 2.10. The smallest absolute Gasteiger partial charge is 0.219 e. The van der Waals surface area contributed by atoms with Crippen LogP contribution < -0.4 is 10.6 Å². The van der Waals surface area contributed by atoms with Crippen LogP contribution in [0.5, 0.6) is 0 Å². The van der Waals surface area contributed by atoms with E-state index in [9.17, 15) is 14.7 Å². The van der Waals surface area contributed by atoms with E-state index < -0.39 is 6.10 Å². The van der Waals surface area contributed by atoms with Gasteiger partial charge in [0.25, 0.3) is 0 Å². The Morgan fingerprint density at radius 1 is 1.31 bits per heavy atom. The summed E-state index contributed by atoms with van der Waals surface area (Å²) in [6.07, 6.45) is -0.327. The molecule has 3 N–H and O–H groups in total. The van der Waals surface area contributed by atoms with Crippen molar-refractivity contribution in [1.29, 1.82) is 0 Å². The van der Waals surface area contributed by atoms with Crippen molar-refractivity contribution < 1.29 is 14.7 Å². The topological polar surface area (TPSA) is 78.4 Å². The molecule has 0 aliphatic rings. The lowest BCUT2D eigenvalue weighted by Gasteiger charge is -2.11. The summed E-state index contributed by atoms with van der Waals surface area (Å²) in [5, 5.41) is 14.2. The van der Waals surface area contributed by atoms with E-state index in [2.05, 4.69) is 10.6 Å². The minimum Gasteiger partial charge on any atom is -0.389 e. The average molecular weight is 188 g/mol. The van der Waals surface area contributed by atoms with Gasteiger partial charge in [-0.3, -0.25) is 9.59 Å². The van der Waals surface area contributed by atoms with E-state index in [-0.39, 0.29) is 24.9 Å². The molecule has 0 saturated carbocycles. The van der Waals surface area contributed by atoms with Crippen LogP contribution in [0.2, 0.25) is 0 Å². The summed E-state index contributed by atoms with van der Waals surface area (Å²) in [5.41, 5.74) is 0. The van der Waals surface area contributed by atoms with Gasteiger partial charge in [0.15, 0.2) is 0 Å². The SMILES string of the molecule is CCC(=O)NCC(O)CNC(C)=O. The van der Waals surface area contributed by atoms with Gasteiger partial charge >= 0.3 is 0 Å². The van der Waals surface area contributed by atoms with Crippen molar-refractivity contribution >= 4 is 11.8 Å². The fourth-order valence-electron chi connectivity index (χ4n) is 0.690. The number of hydrogen-bond donors (Lipinski definition) is 3. The maximum atomic E-state index is 10.7. The molecule has 0 aliphatic carbocycles. The fraction of sp³-hybridized carbons (Fsp3) is 0.750. The van der Waals surface area contributed by atoms with Gasteiger partial charge in [0.05, 0.1) is 6.10 Å². The molecule has 0 aromatic heterocycles. The van der Waals surface area contributed by atoms with Crippen molar-refractivity contribution in [2.75, 3.05) is 13.1 Å². The molecular weight excluding hydrogens is 172 g/mol. The summed E-state index contributed by atoms with van der Waals surface area (Å²) in [7, 11) is 0. The van der Waals surface area contributed by atoms with Crippen molar-refractivity contribution in [1.82, 2.24) is 10.6 Å². The van der Waals surface area contributed by atoms with Gasteiger partial charge in [0.2, 0.25) is 11.8 Å². The normalized spacial score (nSPS) is 11.9. The summed E-state index contributed by atoms with van der Waals surface area (Å²) >= 11 is 0. The van der Waals surface area contributed by atoms with E-state index in [0.29, 0.717) is 6.42 Å². The number of carbonyl (C=O) groups is 2. The molecule has 13 heavy (non-hydrogen) atoms. The Morgan fingerprint density at radius 2 is 1.85 bits per heavy atom. The Bertz CT molecular complexity index is 182. The summed E-state index contributed by atoms with van der Waals surface area (Å²) in [6, 6.07) is 0. The lowest BCUT2D eigenvalue weighted by Crippen LogP contribution is -2.39. The van der Waals surface area contributed by atoms with Crippen LogP contribution in [0.4, 0.5) is 0 Å². The van der Waals surface area contributed by atoms with Gasteiger partial charge in [0, 0.05) is 26.4 Å². The number of amides is 2. The van der Waals surface area contributed by atoms with Gasteiger partial charge in [-0.1, -0.05) is 6.92 Å². The molecule has 0 aliphatic heterocycles. The molecule has 0 rings (SSSR count). The summed E-state index contributed by atoms with van der Waals surface area (Å²) in [6.45, 7) is 3.44. The van der Waals surface area contributed by atoms with Crippen molar-refractivity contribution in [2.45, 2.75) is 26.4 Å². The van der Waals surface area contributed by atoms with Crippen LogP contribution in [0, 0.1) is 0 Å². The van der Waals surface area contributed by atoms with Crippen LogP contribution in [-0.4, -0.2) is 36.1 Å². The Morgan fingerprint density at radius 3 is 2.31 bits per heavy atom. The Kier molecular flexibility index (Phi) is 5.88. The molecule has 1 atom stereocenters. The summed E-state index contributed by atoms with van der Waals surface area (Å²) < 4.78 is 0. The quantitative estimate of drug-likeness (QED) is 0.518. The maximum absolute atomic E-state index is 10.7. The van der Waals surface area contributed by atoms with Gasteiger partial charge in [-0.15, -0.1) is 0 Å². The Balaban J connectivity index is 3.45. The molecular formula is C8H16N2O3. The molecule has 1 unspecified atom stereocenters. The van der Waals surface area contributed by atoms with E-state index in [4.69, 9.17) is 0 Å². The molecule has 0 spiro atoms. The van der Waals surface area contributed by atoms with Crippen LogP contribution in [0.1, 0.15) is 20.3 Å². The Hall–Kier alpha value is -1.10. The summed E-state index contributed by atoms with van der Waals surface area (Å²) in [4.78, 5) is 21.2. The number of hydrogen-bond acceptors (Lipinski definition) is 3. The molecule has 0 radical (unpaired) electrons. The van der Waals surface area contributed by atoms with Crippen LogP contribution in [0.25, 0.3) is 0 Å². The number of aliphatic hydroxyl groups excluding tert-OH is 1. The van der Waals surface area contributed by atoms with Gasteiger partial charge in [-0.25, -0.2) is 0 Å². The molecule has 5 heteroatoms. The first-order chi connectivity index (χ1) is 6.06. The van der Waals surface area contributed by atoms with Crippen LogP contribution in [-0.2, 0) is 9.59 Å². The van der Waals surface area contributed by atoms with E-state index in [1.165, 1.54) is 6.92 Å². The van der Waals surface area contributed by atoms with Crippen molar-refractivity contribution in [3.05, 3.63) is 0 Å². The molecule has 0 aromatic rings. The highest BCUT2D eigenvalue weighted by molar-refractivity contribution is 5.75. The van der Waals surface area contributed by atoms with Crippen molar-refractivity contribution in [3.8, 4) is 0 Å². The van der Waals surface area contributed by atoms with Crippen molar-refractivity contribution in [2.24, 2.45) is 0 Å². The summed E-state index contributed by atoms with van der Waals surface area (Å²) in [5.74, 6) is -0.303. The van der Waals surface area contributed by atoms with E-state index in [1.807, 2.05) is 0 Å². The van der Waals surface area contributed by atoms with E-state index >= 15 is 0 Å². The standard InChI is InChI=1S/C8H16N2O3/c1-3-8(13)10-5-7(12)4-9-6(2)11/h7,12H,3-5H2,1-2H3,(H,9,11)(H,10,13). The highest BCUT2D eigenvalue weighted by Gasteiger charge is 2.05. The Labute approximate surface area is 77.5 Å². The molecule has 5 nitrogen and oxygen atoms in total. The minimum absolute atomic E-state index is 0.109. The molecule has 0 bridgehead atoms. The van der Waals surface area contributed by atoms with Crippen molar-refractivity contribution in [3.63, 3.8) is 0 Å². The first-order valence-corrected chi connectivity index (χ1v) is 4.25. The molecule has 0 heterocycles. The first-order valence-electron chi connectivity index (χ1n) is 4.25. The zero-order valence-corrected chi connectivity index (χ0v) is 7.96. The lowest BCUT2D eigenvalue weighted by atomic mass is 10.3. The number of aliphatic hydroxyl groups is 1. The molecule has 0 aromatic carbocycles. The molecule has 0 saturated heterocycles. The van der Waals surface area contributed by atoms with Gasteiger partial charge in [-0.05, 0) is 0 Å². The number of nitrogens with one attached hydrogen (secondary N) is 2. The van der Waals surface area contributed by atoms with Crippen LogP contribution in [0.15, 0.2) is 0 Å². The van der Waals surface area contributed by atoms with E-state index in [0.717, 1.165) is 0 Å². The second-order valence-electron chi connectivity index (χ2n) is 2.75. The zero-order valence-electron chi connectivity index (χ0n) is 7.96. The zero-order chi connectivity index (χ0) is 10.3. The van der Waals surface area contributed by atoms with Crippen LogP contribution >= 0.6 is 0 Å². The third kappa shape index (κ3) is 7.27. The fourth-order valence-corrected chi connectivity index (χ4v) is 0.690. The predicted octanol–water partition coefficient (Wildman–Crippen LogP) is -0.990. The van der Waals surface area contributed by atoms with Crippen LogP contribution in [0.3, 0.4) is 0 Å². The van der Waals surface area contributed by atoms with Gasteiger partial charge < -0.3 is 15.7 Å². The first kappa shape index (κ1) is 11.9. The minimum atomic E-state index is -0.723. The highest BCUT2D eigenvalue weighted by Crippen LogP contribution is 1.80.